The second-order valence-corrected chi connectivity index (χ2v) is 6.35. The largest absolute Gasteiger partial charge is 0.399 e. The Labute approximate surface area is 122 Å². The molecule has 0 aliphatic rings. The van der Waals surface area contributed by atoms with Gasteiger partial charge in [-0.1, -0.05) is 11.6 Å². The van der Waals surface area contributed by atoms with Gasteiger partial charge in [-0.2, -0.15) is 0 Å². The summed E-state index contributed by atoms with van der Waals surface area (Å²) in [6.07, 6.45) is 0. The number of anilines is 1. The van der Waals surface area contributed by atoms with Crippen LogP contribution in [0.1, 0.15) is 34.1 Å². The van der Waals surface area contributed by atoms with Gasteiger partial charge in [0.2, 0.25) is 0 Å². The molecule has 0 saturated heterocycles. The van der Waals surface area contributed by atoms with Gasteiger partial charge in [-0.3, -0.25) is 0 Å². The van der Waals surface area contributed by atoms with Crippen LogP contribution in [0.2, 0.25) is 5.02 Å². The van der Waals surface area contributed by atoms with Crippen LogP contribution in [0, 0.1) is 13.8 Å². The Kier molecular flexibility index (Phi) is 4.45. The van der Waals surface area contributed by atoms with Gasteiger partial charge >= 0.3 is 0 Å². The molecule has 0 spiro atoms. The third-order valence-electron chi connectivity index (χ3n) is 2.92. The molecule has 0 saturated carbocycles. The van der Waals surface area contributed by atoms with Crippen molar-refractivity contribution in [3.8, 4) is 0 Å². The number of aromatic nitrogens is 1. The van der Waals surface area contributed by atoms with Gasteiger partial charge in [0.15, 0.2) is 0 Å². The second kappa shape index (κ2) is 5.90. The van der Waals surface area contributed by atoms with Crippen LogP contribution in [0.25, 0.3) is 0 Å². The highest BCUT2D eigenvalue weighted by atomic mass is 35.5. The Hall–Kier alpha value is -1.10. The van der Waals surface area contributed by atoms with Crippen molar-refractivity contribution in [3.05, 3.63) is 44.4 Å². The predicted octanol–water partition coefficient (Wildman–Crippen LogP) is 3.85. The molecule has 1 atom stereocenters. The first-order valence-electron chi connectivity index (χ1n) is 6.18. The molecule has 0 fully saturated rings. The third-order valence-corrected chi connectivity index (χ3v) is 4.40. The number of nitrogens with two attached hydrogens (primary N) is 1. The Morgan fingerprint density at radius 3 is 2.68 bits per heavy atom. The minimum atomic E-state index is 0.270. The van der Waals surface area contributed by atoms with Crippen LogP contribution in [0.4, 0.5) is 5.69 Å². The number of nitrogens with zero attached hydrogens (tertiary/aromatic N) is 1. The predicted molar refractivity (Wildman–Crippen MR) is 82.7 cm³/mol. The molecule has 0 bridgehead atoms. The van der Waals surface area contributed by atoms with Crippen LogP contribution in [-0.4, -0.2) is 4.98 Å². The van der Waals surface area contributed by atoms with E-state index in [1.807, 2.05) is 26.0 Å². The number of benzene rings is 1. The van der Waals surface area contributed by atoms with E-state index in [9.17, 15) is 0 Å². The van der Waals surface area contributed by atoms with Gasteiger partial charge in [-0.05, 0) is 44.5 Å². The molecule has 19 heavy (non-hydrogen) atoms. The van der Waals surface area contributed by atoms with Crippen molar-refractivity contribution in [2.24, 2.45) is 0 Å². The van der Waals surface area contributed by atoms with Gasteiger partial charge in [-0.25, -0.2) is 4.98 Å². The van der Waals surface area contributed by atoms with Gasteiger partial charge in [0.25, 0.3) is 0 Å². The number of rotatable bonds is 4. The second-order valence-electron chi connectivity index (χ2n) is 4.68. The molecule has 0 aliphatic heterocycles. The molecule has 0 radical (unpaired) electrons. The van der Waals surface area contributed by atoms with Gasteiger partial charge < -0.3 is 11.1 Å². The Bertz CT molecular complexity index is 560. The van der Waals surface area contributed by atoms with E-state index in [4.69, 9.17) is 17.3 Å². The summed E-state index contributed by atoms with van der Waals surface area (Å²) in [6.45, 7) is 6.97. The summed E-state index contributed by atoms with van der Waals surface area (Å²) >= 11 is 7.73. The van der Waals surface area contributed by atoms with Crippen LogP contribution in [0.3, 0.4) is 0 Å². The number of aryl methyl sites for hydroxylation is 2. The Morgan fingerprint density at radius 1 is 1.37 bits per heavy atom. The molecule has 2 aromatic rings. The molecule has 1 unspecified atom stereocenters. The number of nitrogens with one attached hydrogen (secondary N) is 1. The van der Waals surface area contributed by atoms with Gasteiger partial charge in [0.05, 0.1) is 10.7 Å². The lowest BCUT2D eigenvalue weighted by Crippen LogP contribution is -2.18. The normalized spacial score (nSPS) is 12.6. The molecule has 1 heterocycles. The molecule has 0 amide bonds. The molecule has 0 aliphatic carbocycles. The van der Waals surface area contributed by atoms with E-state index in [0.717, 1.165) is 22.8 Å². The maximum absolute atomic E-state index is 6.00. The molecule has 1 aromatic heterocycles. The summed E-state index contributed by atoms with van der Waals surface area (Å²) in [4.78, 5) is 5.74. The summed E-state index contributed by atoms with van der Waals surface area (Å²) in [5, 5.41) is 5.26. The minimum absolute atomic E-state index is 0.270. The number of halogens is 1. The molecule has 102 valence electrons. The van der Waals surface area contributed by atoms with Crippen molar-refractivity contribution in [1.29, 1.82) is 0 Å². The lowest BCUT2D eigenvalue weighted by molar-refractivity contribution is 0.579. The van der Waals surface area contributed by atoms with Crippen LogP contribution >= 0.6 is 22.9 Å². The summed E-state index contributed by atoms with van der Waals surface area (Å²) < 4.78 is 0. The van der Waals surface area contributed by atoms with Crippen molar-refractivity contribution < 1.29 is 0 Å². The zero-order valence-electron chi connectivity index (χ0n) is 11.3. The van der Waals surface area contributed by atoms with Crippen LogP contribution < -0.4 is 11.1 Å². The first-order chi connectivity index (χ1) is 8.95. The average molecular weight is 296 g/mol. The lowest BCUT2D eigenvalue weighted by atomic mass is 10.1. The van der Waals surface area contributed by atoms with E-state index in [1.54, 1.807) is 17.4 Å². The highest BCUT2D eigenvalue weighted by Crippen LogP contribution is 2.25. The molecule has 2 rings (SSSR count). The molecule has 1 aromatic carbocycles. The van der Waals surface area contributed by atoms with Gasteiger partial charge in [-0.15, -0.1) is 11.3 Å². The summed E-state index contributed by atoms with van der Waals surface area (Å²) in [5.41, 5.74) is 8.68. The summed E-state index contributed by atoms with van der Waals surface area (Å²) in [6, 6.07) is 5.90. The highest BCUT2D eigenvalue weighted by molar-refractivity contribution is 7.11. The van der Waals surface area contributed by atoms with Crippen molar-refractivity contribution in [1.82, 2.24) is 10.3 Å². The minimum Gasteiger partial charge on any atom is -0.399 e. The first kappa shape index (κ1) is 14.3. The zero-order chi connectivity index (χ0) is 14.0. The molecule has 3 N–H and O–H groups in total. The van der Waals surface area contributed by atoms with E-state index in [0.29, 0.717) is 10.7 Å². The fourth-order valence-electron chi connectivity index (χ4n) is 2.09. The fourth-order valence-corrected chi connectivity index (χ4v) is 3.31. The van der Waals surface area contributed by atoms with Crippen LogP contribution in [0.5, 0.6) is 0 Å². The van der Waals surface area contributed by atoms with E-state index >= 15 is 0 Å². The molecule has 3 nitrogen and oxygen atoms in total. The van der Waals surface area contributed by atoms with E-state index in [-0.39, 0.29) is 6.04 Å². The van der Waals surface area contributed by atoms with Gasteiger partial charge in [0, 0.05) is 28.2 Å². The van der Waals surface area contributed by atoms with Crippen molar-refractivity contribution in [2.45, 2.75) is 33.4 Å². The average Bonchev–Trinajstić information content (AvgIpc) is 2.64. The van der Waals surface area contributed by atoms with Crippen molar-refractivity contribution in [2.75, 3.05) is 5.73 Å². The van der Waals surface area contributed by atoms with E-state index < -0.39 is 0 Å². The quantitative estimate of drug-likeness (QED) is 0.843. The van der Waals surface area contributed by atoms with Gasteiger partial charge in [0.1, 0.15) is 0 Å². The summed E-state index contributed by atoms with van der Waals surface area (Å²) in [5.74, 6) is 0. The van der Waals surface area contributed by atoms with Crippen LogP contribution in [0.15, 0.2) is 18.2 Å². The fraction of sp³-hybridized carbons (Fsp3) is 0.357. The van der Waals surface area contributed by atoms with Crippen LogP contribution in [-0.2, 0) is 6.54 Å². The Balaban J connectivity index is 2.04. The number of hydrogen-bond donors (Lipinski definition) is 2. The number of thiazole rings is 1. The van der Waals surface area contributed by atoms with Crippen molar-refractivity contribution >= 4 is 28.6 Å². The Morgan fingerprint density at radius 2 is 2.11 bits per heavy atom. The monoisotopic (exact) mass is 295 g/mol. The molecule has 5 heteroatoms. The maximum atomic E-state index is 6.00. The summed E-state index contributed by atoms with van der Waals surface area (Å²) in [7, 11) is 0. The first-order valence-corrected chi connectivity index (χ1v) is 7.37. The van der Waals surface area contributed by atoms with E-state index in [1.165, 1.54) is 4.88 Å². The smallest absolute Gasteiger partial charge is 0.0900 e. The third kappa shape index (κ3) is 3.69. The zero-order valence-corrected chi connectivity index (χ0v) is 12.9. The molecular weight excluding hydrogens is 278 g/mol. The molecular formula is C14H18ClN3S. The topological polar surface area (TPSA) is 50.9 Å². The SMILES string of the molecule is Cc1nc(C)c(C(C)NCc2cc(N)cc(Cl)c2)s1. The number of hydrogen-bond acceptors (Lipinski definition) is 4. The highest BCUT2D eigenvalue weighted by Gasteiger charge is 2.12. The lowest BCUT2D eigenvalue weighted by Gasteiger charge is -2.13. The maximum Gasteiger partial charge on any atom is 0.0900 e. The van der Waals surface area contributed by atoms with Crippen molar-refractivity contribution in [3.63, 3.8) is 0 Å². The standard InChI is InChI=1S/C14H18ClN3S/c1-8(14-9(2)18-10(3)19-14)17-7-11-4-12(15)6-13(16)5-11/h4-6,8,17H,7,16H2,1-3H3. The van der Waals surface area contributed by atoms with E-state index in [2.05, 4.69) is 17.2 Å². The number of nitrogen functional groups attached to an aromatic ring is 1.